The molecule has 0 aliphatic heterocycles. The van der Waals surface area contributed by atoms with Gasteiger partial charge in [-0.1, -0.05) is 19.8 Å². The van der Waals surface area contributed by atoms with Crippen LogP contribution in [-0.4, -0.2) is 9.97 Å². The van der Waals surface area contributed by atoms with Crippen LogP contribution in [0.25, 0.3) is 0 Å². The van der Waals surface area contributed by atoms with Crippen LogP contribution in [0.2, 0.25) is 0 Å². The molecule has 0 saturated heterocycles. The van der Waals surface area contributed by atoms with Crippen molar-refractivity contribution in [3.63, 3.8) is 0 Å². The summed E-state index contributed by atoms with van der Waals surface area (Å²) in [6.07, 6.45) is 11.5. The Labute approximate surface area is 91.1 Å². The van der Waals surface area contributed by atoms with Gasteiger partial charge in [0.05, 0.1) is 11.7 Å². The highest BCUT2D eigenvalue weighted by Crippen LogP contribution is 2.48. The van der Waals surface area contributed by atoms with Gasteiger partial charge in [0, 0.05) is 18.6 Å². The van der Waals surface area contributed by atoms with Gasteiger partial charge in [-0.3, -0.25) is 9.97 Å². The molecular formula is C12H19N3. The third-order valence-corrected chi connectivity index (χ3v) is 3.86. The van der Waals surface area contributed by atoms with E-state index in [1.165, 1.54) is 25.7 Å². The second kappa shape index (κ2) is 4.27. The highest BCUT2D eigenvalue weighted by atomic mass is 14.8. The van der Waals surface area contributed by atoms with Crippen LogP contribution < -0.4 is 5.73 Å². The number of nitrogens with zero attached hydrogens (tertiary/aromatic N) is 2. The van der Waals surface area contributed by atoms with E-state index < -0.39 is 0 Å². The number of aromatic nitrogens is 2. The summed E-state index contributed by atoms with van der Waals surface area (Å²) in [6.45, 7) is 2.24. The molecule has 1 heterocycles. The van der Waals surface area contributed by atoms with Crippen molar-refractivity contribution in [1.29, 1.82) is 0 Å². The quantitative estimate of drug-likeness (QED) is 0.824. The maximum atomic E-state index is 6.34. The molecule has 0 spiro atoms. The van der Waals surface area contributed by atoms with E-state index in [1.807, 2.05) is 0 Å². The lowest BCUT2D eigenvalue weighted by Crippen LogP contribution is -2.32. The summed E-state index contributed by atoms with van der Waals surface area (Å²) >= 11 is 0. The van der Waals surface area contributed by atoms with Crippen LogP contribution in [-0.2, 0) is 0 Å². The van der Waals surface area contributed by atoms with Gasteiger partial charge >= 0.3 is 0 Å². The Balaban J connectivity index is 2.22. The molecule has 1 unspecified atom stereocenters. The topological polar surface area (TPSA) is 51.8 Å². The van der Waals surface area contributed by atoms with E-state index >= 15 is 0 Å². The molecule has 3 heteroatoms. The maximum Gasteiger partial charge on any atom is 0.0759 e. The molecule has 1 aromatic heterocycles. The van der Waals surface area contributed by atoms with E-state index in [1.54, 1.807) is 18.6 Å². The first-order valence-corrected chi connectivity index (χ1v) is 5.80. The SMILES string of the molecule is CCC1(C(N)c2cnccn2)CCCC1. The van der Waals surface area contributed by atoms with E-state index in [-0.39, 0.29) is 11.5 Å². The molecule has 1 fully saturated rings. The summed E-state index contributed by atoms with van der Waals surface area (Å²) in [7, 11) is 0. The van der Waals surface area contributed by atoms with Crippen molar-refractivity contribution in [2.75, 3.05) is 0 Å². The minimum Gasteiger partial charge on any atom is -0.322 e. The van der Waals surface area contributed by atoms with E-state index in [0.29, 0.717) is 0 Å². The first kappa shape index (κ1) is 10.6. The highest BCUT2D eigenvalue weighted by molar-refractivity contribution is 5.08. The molecule has 15 heavy (non-hydrogen) atoms. The fraction of sp³-hybridized carbons (Fsp3) is 0.667. The Hall–Kier alpha value is -0.960. The van der Waals surface area contributed by atoms with Gasteiger partial charge in [-0.05, 0) is 24.7 Å². The Morgan fingerprint density at radius 2 is 2.13 bits per heavy atom. The van der Waals surface area contributed by atoms with Crippen molar-refractivity contribution in [3.8, 4) is 0 Å². The van der Waals surface area contributed by atoms with Crippen LogP contribution in [0, 0.1) is 5.41 Å². The summed E-state index contributed by atoms with van der Waals surface area (Å²) < 4.78 is 0. The molecule has 0 radical (unpaired) electrons. The lowest BCUT2D eigenvalue weighted by atomic mass is 9.75. The fourth-order valence-electron chi connectivity index (χ4n) is 2.75. The first-order valence-electron chi connectivity index (χ1n) is 5.80. The molecule has 0 bridgehead atoms. The van der Waals surface area contributed by atoms with Crippen molar-refractivity contribution in [1.82, 2.24) is 9.97 Å². The lowest BCUT2D eigenvalue weighted by molar-refractivity contribution is 0.218. The van der Waals surface area contributed by atoms with Crippen LogP contribution in [0.3, 0.4) is 0 Å². The van der Waals surface area contributed by atoms with Crippen LogP contribution in [0.1, 0.15) is 50.8 Å². The first-order chi connectivity index (χ1) is 7.28. The van der Waals surface area contributed by atoms with Crippen LogP contribution in [0.4, 0.5) is 0 Å². The summed E-state index contributed by atoms with van der Waals surface area (Å²) in [6, 6.07) is 0.0544. The van der Waals surface area contributed by atoms with Gasteiger partial charge in [0.2, 0.25) is 0 Å². The molecule has 1 aliphatic carbocycles. The highest BCUT2D eigenvalue weighted by Gasteiger charge is 2.39. The molecule has 82 valence electrons. The van der Waals surface area contributed by atoms with Gasteiger partial charge in [-0.15, -0.1) is 0 Å². The summed E-state index contributed by atoms with van der Waals surface area (Å²) in [5.41, 5.74) is 7.56. The van der Waals surface area contributed by atoms with E-state index in [9.17, 15) is 0 Å². The second-order valence-electron chi connectivity index (χ2n) is 4.53. The van der Waals surface area contributed by atoms with E-state index in [2.05, 4.69) is 16.9 Å². The summed E-state index contributed by atoms with van der Waals surface area (Å²) in [5, 5.41) is 0. The molecule has 3 nitrogen and oxygen atoms in total. The largest absolute Gasteiger partial charge is 0.322 e. The van der Waals surface area contributed by atoms with Gasteiger partial charge in [0.1, 0.15) is 0 Å². The molecule has 1 atom stereocenters. The van der Waals surface area contributed by atoms with Crippen molar-refractivity contribution < 1.29 is 0 Å². The standard InChI is InChI=1S/C12H19N3/c1-2-12(5-3-4-6-12)11(13)10-9-14-7-8-15-10/h7-9,11H,2-6,13H2,1H3. The number of nitrogens with two attached hydrogens (primary N) is 1. The number of hydrogen-bond donors (Lipinski definition) is 1. The summed E-state index contributed by atoms with van der Waals surface area (Å²) in [5.74, 6) is 0. The average Bonchev–Trinajstić information content (AvgIpc) is 2.79. The summed E-state index contributed by atoms with van der Waals surface area (Å²) in [4.78, 5) is 8.43. The van der Waals surface area contributed by atoms with E-state index in [4.69, 9.17) is 5.73 Å². The van der Waals surface area contributed by atoms with Crippen molar-refractivity contribution in [2.45, 2.75) is 45.1 Å². The van der Waals surface area contributed by atoms with Crippen molar-refractivity contribution >= 4 is 0 Å². The molecule has 0 amide bonds. The van der Waals surface area contributed by atoms with Gasteiger partial charge in [0.25, 0.3) is 0 Å². The average molecular weight is 205 g/mol. The van der Waals surface area contributed by atoms with Crippen molar-refractivity contribution in [3.05, 3.63) is 24.3 Å². The predicted octanol–water partition coefficient (Wildman–Crippen LogP) is 2.45. The molecule has 2 rings (SSSR count). The zero-order valence-corrected chi connectivity index (χ0v) is 9.32. The second-order valence-corrected chi connectivity index (χ2v) is 4.53. The minimum atomic E-state index is 0.0544. The third kappa shape index (κ3) is 1.88. The molecular weight excluding hydrogens is 186 g/mol. The van der Waals surface area contributed by atoms with Crippen molar-refractivity contribution in [2.24, 2.45) is 11.1 Å². The van der Waals surface area contributed by atoms with Crippen LogP contribution in [0.5, 0.6) is 0 Å². The predicted molar refractivity (Wildman–Crippen MR) is 60.2 cm³/mol. The third-order valence-electron chi connectivity index (χ3n) is 3.86. The van der Waals surface area contributed by atoms with E-state index in [0.717, 1.165) is 12.1 Å². The molecule has 1 aromatic rings. The smallest absolute Gasteiger partial charge is 0.0759 e. The molecule has 0 aromatic carbocycles. The van der Waals surface area contributed by atoms with Gasteiger partial charge < -0.3 is 5.73 Å². The number of rotatable bonds is 3. The van der Waals surface area contributed by atoms with Gasteiger partial charge in [0.15, 0.2) is 0 Å². The Morgan fingerprint density at radius 3 is 2.67 bits per heavy atom. The molecule has 1 aliphatic rings. The lowest BCUT2D eigenvalue weighted by Gasteiger charge is -2.33. The Kier molecular flexibility index (Phi) is 3.00. The number of hydrogen-bond acceptors (Lipinski definition) is 3. The van der Waals surface area contributed by atoms with Gasteiger partial charge in [-0.2, -0.15) is 0 Å². The minimum absolute atomic E-state index is 0.0544. The maximum absolute atomic E-state index is 6.34. The zero-order valence-electron chi connectivity index (χ0n) is 9.32. The molecule has 2 N–H and O–H groups in total. The van der Waals surface area contributed by atoms with Crippen LogP contribution >= 0.6 is 0 Å². The monoisotopic (exact) mass is 205 g/mol. The zero-order chi connectivity index (χ0) is 10.7. The Bertz CT molecular complexity index is 304. The Morgan fingerprint density at radius 1 is 1.40 bits per heavy atom. The normalized spacial score (nSPS) is 21.5. The fourth-order valence-corrected chi connectivity index (χ4v) is 2.75. The van der Waals surface area contributed by atoms with Crippen LogP contribution in [0.15, 0.2) is 18.6 Å². The van der Waals surface area contributed by atoms with Gasteiger partial charge in [-0.25, -0.2) is 0 Å². The molecule has 1 saturated carbocycles.